The fourth-order valence-corrected chi connectivity index (χ4v) is 4.04. The second kappa shape index (κ2) is 8.97. The van der Waals surface area contributed by atoms with E-state index in [-0.39, 0.29) is 0 Å². The van der Waals surface area contributed by atoms with Crippen molar-refractivity contribution in [2.45, 2.75) is 85.2 Å². The highest BCUT2D eigenvalue weighted by molar-refractivity contribution is 5.21. The minimum atomic E-state index is 0.464. The molecule has 158 valence electrons. The van der Waals surface area contributed by atoms with Gasteiger partial charge in [-0.3, -0.25) is 14.0 Å². The summed E-state index contributed by atoms with van der Waals surface area (Å²) in [6, 6.07) is 0. The van der Waals surface area contributed by atoms with Gasteiger partial charge in [0, 0.05) is 38.2 Å². The molecule has 0 radical (unpaired) electrons. The lowest BCUT2D eigenvalue weighted by atomic mass is 9.98. The highest BCUT2D eigenvalue weighted by Crippen LogP contribution is 2.25. The second-order valence-corrected chi connectivity index (χ2v) is 8.82. The Kier molecular flexibility index (Phi) is 6.60. The van der Waals surface area contributed by atoms with Crippen LogP contribution in [0.15, 0.2) is 24.8 Å². The molecule has 3 heterocycles. The predicted molar refractivity (Wildman–Crippen MR) is 117 cm³/mol. The maximum Gasteiger partial charge on any atom is 0.0628 e. The van der Waals surface area contributed by atoms with E-state index >= 15 is 0 Å². The SMILES string of the molecule is Cc1nn(CCC(C)c2cnn(CCC(C)c3cnn(C)c3)c2C)cc1C(C)C. The lowest BCUT2D eigenvalue weighted by Gasteiger charge is -2.13. The van der Waals surface area contributed by atoms with Crippen LogP contribution in [0.25, 0.3) is 0 Å². The number of aromatic nitrogens is 6. The Balaban J connectivity index is 1.57. The third-order valence-electron chi connectivity index (χ3n) is 6.14. The molecule has 0 bridgehead atoms. The smallest absolute Gasteiger partial charge is 0.0628 e. The molecule has 29 heavy (non-hydrogen) atoms. The van der Waals surface area contributed by atoms with Crippen LogP contribution in [0.3, 0.4) is 0 Å². The molecule has 0 fully saturated rings. The molecule has 0 aliphatic rings. The molecule has 3 aromatic heterocycles. The molecule has 3 rings (SSSR count). The van der Waals surface area contributed by atoms with E-state index < -0.39 is 0 Å². The molecule has 0 amide bonds. The van der Waals surface area contributed by atoms with Gasteiger partial charge in [-0.05, 0) is 61.1 Å². The second-order valence-electron chi connectivity index (χ2n) is 8.82. The summed E-state index contributed by atoms with van der Waals surface area (Å²) >= 11 is 0. The van der Waals surface area contributed by atoms with Gasteiger partial charge in [-0.25, -0.2) is 0 Å². The molecule has 2 atom stereocenters. The molecule has 2 unspecified atom stereocenters. The van der Waals surface area contributed by atoms with E-state index in [4.69, 9.17) is 5.10 Å². The zero-order chi connectivity index (χ0) is 21.1. The zero-order valence-corrected chi connectivity index (χ0v) is 19.1. The first kappa shape index (κ1) is 21.3. The first-order valence-corrected chi connectivity index (χ1v) is 10.8. The van der Waals surface area contributed by atoms with Crippen molar-refractivity contribution in [3.63, 3.8) is 0 Å². The van der Waals surface area contributed by atoms with Crippen LogP contribution in [0.1, 0.15) is 86.4 Å². The molecule has 0 N–H and O–H groups in total. The number of nitrogens with zero attached hydrogens (tertiary/aromatic N) is 6. The summed E-state index contributed by atoms with van der Waals surface area (Å²) in [5.74, 6) is 1.47. The quantitative estimate of drug-likeness (QED) is 0.515. The van der Waals surface area contributed by atoms with Crippen LogP contribution < -0.4 is 0 Å². The van der Waals surface area contributed by atoms with Crippen LogP contribution in [0.4, 0.5) is 0 Å². The summed E-state index contributed by atoms with van der Waals surface area (Å²) in [5.41, 5.74) is 6.44. The van der Waals surface area contributed by atoms with Crippen molar-refractivity contribution in [2.75, 3.05) is 0 Å². The van der Waals surface area contributed by atoms with Crippen LogP contribution >= 0.6 is 0 Å². The topological polar surface area (TPSA) is 53.5 Å². The van der Waals surface area contributed by atoms with Crippen LogP contribution in [0, 0.1) is 13.8 Å². The predicted octanol–water partition coefficient (Wildman–Crippen LogP) is 4.94. The van der Waals surface area contributed by atoms with Gasteiger partial charge in [-0.2, -0.15) is 15.3 Å². The maximum absolute atomic E-state index is 4.69. The van der Waals surface area contributed by atoms with Gasteiger partial charge in [0.25, 0.3) is 0 Å². The largest absolute Gasteiger partial charge is 0.276 e. The number of hydrogen-bond acceptors (Lipinski definition) is 3. The Bertz CT molecular complexity index is 929. The average molecular weight is 397 g/mol. The minimum absolute atomic E-state index is 0.464. The molecule has 0 saturated carbocycles. The Morgan fingerprint density at radius 2 is 1.59 bits per heavy atom. The van der Waals surface area contributed by atoms with E-state index in [1.807, 2.05) is 17.9 Å². The highest BCUT2D eigenvalue weighted by Gasteiger charge is 2.16. The highest BCUT2D eigenvalue weighted by atomic mass is 15.3. The van der Waals surface area contributed by atoms with Gasteiger partial charge >= 0.3 is 0 Å². The molecular formula is C23H36N6. The summed E-state index contributed by atoms with van der Waals surface area (Å²) in [4.78, 5) is 0. The molecular weight excluding hydrogens is 360 g/mol. The fourth-order valence-electron chi connectivity index (χ4n) is 4.04. The average Bonchev–Trinajstić information content (AvgIpc) is 3.36. The molecule has 0 aliphatic heterocycles. The summed E-state index contributed by atoms with van der Waals surface area (Å²) < 4.78 is 6.14. The van der Waals surface area contributed by atoms with Crippen LogP contribution in [0.2, 0.25) is 0 Å². The molecule has 0 spiro atoms. The number of rotatable bonds is 9. The number of aryl methyl sites for hydroxylation is 4. The van der Waals surface area contributed by atoms with Crippen molar-refractivity contribution in [3.8, 4) is 0 Å². The Labute approximate surface area is 174 Å². The maximum atomic E-state index is 4.69. The van der Waals surface area contributed by atoms with Crippen LogP contribution in [0.5, 0.6) is 0 Å². The van der Waals surface area contributed by atoms with Crippen molar-refractivity contribution >= 4 is 0 Å². The van der Waals surface area contributed by atoms with Crippen molar-refractivity contribution in [1.82, 2.24) is 29.3 Å². The molecule has 6 heteroatoms. The van der Waals surface area contributed by atoms with Gasteiger partial charge in [0.2, 0.25) is 0 Å². The van der Waals surface area contributed by atoms with Gasteiger partial charge in [0.05, 0.1) is 18.1 Å². The van der Waals surface area contributed by atoms with Gasteiger partial charge in [-0.15, -0.1) is 0 Å². The monoisotopic (exact) mass is 396 g/mol. The Morgan fingerprint density at radius 1 is 0.862 bits per heavy atom. The van der Waals surface area contributed by atoms with Gasteiger partial charge in [0.15, 0.2) is 0 Å². The van der Waals surface area contributed by atoms with E-state index in [1.54, 1.807) is 0 Å². The zero-order valence-electron chi connectivity index (χ0n) is 19.1. The van der Waals surface area contributed by atoms with Crippen molar-refractivity contribution in [3.05, 3.63) is 52.9 Å². The normalized spacial score (nSPS) is 13.9. The van der Waals surface area contributed by atoms with Crippen LogP contribution in [-0.4, -0.2) is 29.3 Å². The summed E-state index contributed by atoms with van der Waals surface area (Å²) in [5, 5.41) is 13.7. The van der Waals surface area contributed by atoms with Gasteiger partial charge < -0.3 is 0 Å². The summed E-state index contributed by atoms with van der Waals surface area (Å²) in [6.45, 7) is 15.2. The van der Waals surface area contributed by atoms with Gasteiger partial charge in [-0.1, -0.05) is 27.7 Å². The fraction of sp³-hybridized carbons (Fsp3) is 0.609. The summed E-state index contributed by atoms with van der Waals surface area (Å²) in [7, 11) is 1.97. The molecule has 6 nitrogen and oxygen atoms in total. The van der Waals surface area contributed by atoms with E-state index in [0.717, 1.165) is 31.6 Å². The van der Waals surface area contributed by atoms with Crippen molar-refractivity contribution < 1.29 is 0 Å². The lowest BCUT2D eigenvalue weighted by Crippen LogP contribution is -2.08. The first-order valence-electron chi connectivity index (χ1n) is 10.8. The molecule has 0 saturated heterocycles. The Hall–Kier alpha value is -2.37. The van der Waals surface area contributed by atoms with E-state index in [9.17, 15) is 0 Å². The third-order valence-corrected chi connectivity index (χ3v) is 6.14. The van der Waals surface area contributed by atoms with E-state index in [1.165, 1.54) is 22.4 Å². The van der Waals surface area contributed by atoms with Crippen LogP contribution in [-0.2, 0) is 20.1 Å². The van der Waals surface area contributed by atoms with Crippen molar-refractivity contribution in [1.29, 1.82) is 0 Å². The molecule has 0 aliphatic carbocycles. The van der Waals surface area contributed by atoms with E-state index in [2.05, 4.69) is 79.7 Å². The number of hydrogen-bond donors (Lipinski definition) is 0. The molecule has 0 aromatic carbocycles. The third kappa shape index (κ3) is 4.98. The van der Waals surface area contributed by atoms with Gasteiger partial charge in [0.1, 0.15) is 0 Å². The molecule has 3 aromatic rings. The summed E-state index contributed by atoms with van der Waals surface area (Å²) in [6.07, 6.45) is 10.5. The standard InChI is InChI=1S/C23H36N6/c1-16(2)23-15-28(26-19(23)5)10-8-18(4)22-13-25-29(20(22)6)11-9-17(3)21-12-24-27(7)14-21/h12-18H,8-11H2,1-7H3. The Morgan fingerprint density at radius 3 is 2.21 bits per heavy atom. The minimum Gasteiger partial charge on any atom is -0.276 e. The first-order chi connectivity index (χ1) is 13.8. The van der Waals surface area contributed by atoms with Crippen molar-refractivity contribution in [2.24, 2.45) is 7.05 Å². The van der Waals surface area contributed by atoms with E-state index in [0.29, 0.717) is 17.8 Å². The lowest BCUT2D eigenvalue weighted by molar-refractivity contribution is 0.515.